The zero-order valence-corrected chi connectivity index (χ0v) is 8.85. The van der Waals surface area contributed by atoms with Crippen LogP contribution in [-0.2, 0) is 6.54 Å². The van der Waals surface area contributed by atoms with Crippen LogP contribution in [0.5, 0.6) is 6.01 Å². The van der Waals surface area contributed by atoms with Gasteiger partial charge in [-0.25, -0.2) is 0 Å². The van der Waals surface area contributed by atoms with E-state index in [2.05, 4.69) is 4.98 Å². The normalized spacial score (nSPS) is 15.2. The van der Waals surface area contributed by atoms with Crippen molar-refractivity contribution in [2.75, 3.05) is 12.3 Å². The summed E-state index contributed by atoms with van der Waals surface area (Å²) in [5.74, 6) is 1.30. The molecular formula is C11H13N3O2. The van der Waals surface area contributed by atoms with E-state index in [4.69, 9.17) is 14.9 Å². The molecule has 0 atom stereocenters. The fourth-order valence-electron chi connectivity index (χ4n) is 1.90. The Balaban J connectivity index is 2.08. The van der Waals surface area contributed by atoms with Crippen molar-refractivity contribution in [2.45, 2.75) is 19.4 Å². The Morgan fingerprint density at radius 3 is 3.12 bits per heavy atom. The molecule has 0 saturated carbocycles. The number of nitrogen functional groups attached to an aromatic ring is 1. The average Bonchev–Trinajstić information content (AvgIpc) is 2.83. The Morgan fingerprint density at radius 1 is 1.38 bits per heavy atom. The van der Waals surface area contributed by atoms with Gasteiger partial charge in [-0.15, -0.1) is 0 Å². The van der Waals surface area contributed by atoms with Gasteiger partial charge in [0.15, 0.2) is 11.5 Å². The van der Waals surface area contributed by atoms with Crippen LogP contribution in [0, 0.1) is 0 Å². The highest BCUT2D eigenvalue weighted by Crippen LogP contribution is 2.31. The maximum atomic E-state index is 6.05. The van der Waals surface area contributed by atoms with E-state index in [0.717, 1.165) is 19.4 Å². The van der Waals surface area contributed by atoms with Crippen molar-refractivity contribution in [2.24, 2.45) is 0 Å². The summed E-state index contributed by atoms with van der Waals surface area (Å²) in [4.78, 5) is 4.37. The zero-order chi connectivity index (χ0) is 11.0. The van der Waals surface area contributed by atoms with Crippen LogP contribution >= 0.6 is 0 Å². The highest BCUT2D eigenvalue weighted by molar-refractivity contribution is 5.67. The van der Waals surface area contributed by atoms with E-state index in [1.54, 1.807) is 6.26 Å². The van der Waals surface area contributed by atoms with E-state index in [1.807, 2.05) is 16.7 Å². The van der Waals surface area contributed by atoms with Crippen molar-refractivity contribution in [1.29, 1.82) is 0 Å². The van der Waals surface area contributed by atoms with Crippen molar-refractivity contribution in [3.05, 3.63) is 18.4 Å². The largest absolute Gasteiger partial charge is 0.465 e. The first-order chi connectivity index (χ1) is 7.86. The second-order valence-electron chi connectivity index (χ2n) is 3.81. The van der Waals surface area contributed by atoms with Gasteiger partial charge in [-0.2, -0.15) is 4.98 Å². The number of furan rings is 1. The monoisotopic (exact) mass is 219 g/mol. The maximum absolute atomic E-state index is 6.05. The molecule has 3 heterocycles. The molecule has 1 aliphatic heterocycles. The Bertz CT molecular complexity index is 488. The Morgan fingerprint density at radius 2 is 2.31 bits per heavy atom. The molecule has 84 valence electrons. The third-order valence-electron chi connectivity index (χ3n) is 2.73. The molecule has 0 fully saturated rings. The quantitative estimate of drug-likeness (QED) is 0.795. The molecule has 1 aliphatic rings. The predicted molar refractivity (Wildman–Crippen MR) is 59.1 cm³/mol. The standard InChI is InChI=1S/C11H13N3O2/c12-10-9(8-4-3-7-15-8)13-11-14(10)5-1-2-6-16-11/h3-4,7H,1-2,5-6,12H2. The number of hydrogen-bond donors (Lipinski definition) is 1. The molecule has 2 aromatic heterocycles. The first-order valence-electron chi connectivity index (χ1n) is 5.39. The van der Waals surface area contributed by atoms with Crippen LogP contribution in [-0.4, -0.2) is 16.2 Å². The van der Waals surface area contributed by atoms with Gasteiger partial charge in [0, 0.05) is 6.54 Å². The lowest BCUT2D eigenvalue weighted by atomic mass is 10.3. The van der Waals surface area contributed by atoms with Crippen LogP contribution in [0.2, 0.25) is 0 Å². The summed E-state index contributed by atoms with van der Waals surface area (Å²) in [5, 5.41) is 0. The van der Waals surface area contributed by atoms with Gasteiger partial charge in [-0.1, -0.05) is 0 Å². The van der Waals surface area contributed by atoms with Gasteiger partial charge in [0.2, 0.25) is 0 Å². The van der Waals surface area contributed by atoms with Crippen molar-refractivity contribution < 1.29 is 9.15 Å². The molecule has 2 aromatic rings. The number of rotatable bonds is 1. The van der Waals surface area contributed by atoms with Crippen LogP contribution in [0.15, 0.2) is 22.8 Å². The molecule has 5 heteroatoms. The molecule has 3 rings (SSSR count). The molecule has 0 unspecified atom stereocenters. The topological polar surface area (TPSA) is 66.2 Å². The van der Waals surface area contributed by atoms with E-state index in [-0.39, 0.29) is 0 Å². The fraction of sp³-hybridized carbons (Fsp3) is 0.364. The lowest BCUT2D eigenvalue weighted by molar-refractivity contribution is 0.295. The maximum Gasteiger partial charge on any atom is 0.298 e. The summed E-state index contributed by atoms with van der Waals surface area (Å²) < 4.78 is 12.7. The molecule has 5 nitrogen and oxygen atoms in total. The summed E-state index contributed by atoms with van der Waals surface area (Å²) in [6, 6.07) is 4.26. The van der Waals surface area contributed by atoms with Crippen molar-refractivity contribution in [1.82, 2.24) is 9.55 Å². The van der Waals surface area contributed by atoms with Crippen molar-refractivity contribution in [3.63, 3.8) is 0 Å². The minimum Gasteiger partial charge on any atom is -0.465 e. The first kappa shape index (κ1) is 9.33. The van der Waals surface area contributed by atoms with Crippen molar-refractivity contribution >= 4 is 5.82 Å². The number of nitrogens with two attached hydrogens (primary N) is 1. The molecular weight excluding hydrogens is 206 g/mol. The van der Waals surface area contributed by atoms with E-state index in [1.165, 1.54) is 0 Å². The highest BCUT2D eigenvalue weighted by Gasteiger charge is 2.20. The number of anilines is 1. The molecule has 0 aliphatic carbocycles. The van der Waals surface area contributed by atoms with Crippen LogP contribution in [0.3, 0.4) is 0 Å². The minimum atomic E-state index is 0.599. The number of hydrogen-bond acceptors (Lipinski definition) is 4. The summed E-state index contributed by atoms with van der Waals surface area (Å²) >= 11 is 0. The lowest BCUT2D eigenvalue weighted by Crippen LogP contribution is -2.02. The Hall–Kier alpha value is -1.91. The predicted octanol–water partition coefficient (Wildman–Crippen LogP) is 1.90. The van der Waals surface area contributed by atoms with Gasteiger partial charge in [-0.05, 0) is 25.0 Å². The van der Waals surface area contributed by atoms with Gasteiger partial charge in [-0.3, -0.25) is 4.57 Å². The summed E-state index contributed by atoms with van der Waals surface area (Å²) in [7, 11) is 0. The summed E-state index contributed by atoms with van der Waals surface area (Å²) in [5.41, 5.74) is 6.71. The number of aromatic nitrogens is 2. The van der Waals surface area contributed by atoms with Crippen LogP contribution in [0.4, 0.5) is 5.82 Å². The number of nitrogens with zero attached hydrogens (tertiary/aromatic N) is 2. The second-order valence-corrected chi connectivity index (χ2v) is 3.81. The van der Waals surface area contributed by atoms with Gasteiger partial charge >= 0.3 is 0 Å². The first-order valence-corrected chi connectivity index (χ1v) is 5.39. The van der Waals surface area contributed by atoms with Crippen LogP contribution in [0.1, 0.15) is 12.8 Å². The van der Waals surface area contributed by atoms with Gasteiger partial charge < -0.3 is 14.9 Å². The third kappa shape index (κ3) is 1.36. The molecule has 0 aromatic carbocycles. The molecule has 2 N–H and O–H groups in total. The van der Waals surface area contributed by atoms with E-state index in [0.29, 0.717) is 29.9 Å². The smallest absolute Gasteiger partial charge is 0.298 e. The highest BCUT2D eigenvalue weighted by atomic mass is 16.5. The van der Waals surface area contributed by atoms with Crippen LogP contribution in [0.25, 0.3) is 11.5 Å². The summed E-state index contributed by atoms with van der Waals surface area (Å²) in [6.07, 6.45) is 3.71. The molecule has 0 amide bonds. The average molecular weight is 219 g/mol. The molecule has 0 saturated heterocycles. The zero-order valence-electron chi connectivity index (χ0n) is 8.85. The van der Waals surface area contributed by atoms with Gasteiger partial charge in [0.05, 0.1) is 12.9 Å². The number of ether oxygens (including phenoxy) is 1. The lowest BCUT2D eigenvalue weighted by Gasteiger charge is -2.03. The third-order valence-corrected chi connectivity index (χ3v) is 2.73. The van der Waals surface area contributed by atoms with E-state index in [9.17, 15) is 0 Å². The van der Waals surface area contributed by atoms with E-state index < -0.39 is 0 Å². The molecule has 0 radical (unpaired) electrons. The van der Waals surface area contributed by atoms with E-state index >= 15 is 0 Å². The summed E-state index contributed by atoms with van der Waals surface area (Å²) in [6.45, 7) is 1.56. The molecule has 16 heavy (non-hydrogen) atoms. The van der Waals surface area contributed by atoms with Crippen LogP contribution < -0.4 is 10.5 Å². The number of imidazole rings is 1. The fourth-order valence-corrected chi connectivity index (χ4v) is 1.90. The SMILES string of the molecule is Nc1c(-c2ccco2)nc2n1CCCCO2. The van der Waals surface area contributed by atoms with Crippen molar-refractivity contribution in [3.8, 4) is 17.5 Å². The molecule has 0 spiro atoms. The minimum absolute atomic E-state index is 0.599. The van der Waals surface area contributed by atoms with Gasteiger partial charge in [0.1, 0.15) is 5.82 Å². The Kier molecular flexibility index (Phi) is 2.09. The second kappa shape index (κ2) is 3.59. The molecule has 0 bridgehead atoms. The van der Waals surface area contributed by atoms with Gasteiger partial charge in [0.25, 0.3) is 6.01 Å². The number of fused-ring (bicyclic) bond motifs is 1. The Labute approximate surface area is 92.8 Å².